The number of rotatable bonds is 5. The predicted molar refractivity (Wildman–Crippen MR) is 79.2 cm³/mol. The molecule has 0 heterocycles. The first-order chi connectivity index (χ1) is 9.32. The van der Waals surface area contributed by atoms with Crippen LogP contribution in [0.3, 0.4) is 0 Å². The number of anilines is 1. The summed E-state index contributed by atoms with van der Waals surface area (Å²) in [5.74, 6) is -0.839. The van der Waals surface area contributed by atoms with Crippen LogP contribution in [0.5, 0.6) is 0 Å². The lowest BCUT2D eigenvalue weighted by Gasteiger charge is -2.26. The highest BCUT2D eigenvalue weighted by Crippen LogP contribution is 2.20. The molecule has 0 spiro atoms. The van der Waals surface area contributed by atoms with Crippen molar-refractivity contribution in [3.05, 3.63) is 29.3 Å². The third-order valence-corrected chi connectivity index (χ3v) is 3.21. The van der Waals surface area contributed by atoms with Crippen LogP contribution in [-0.4, -0.2) is 42.6 Å². The van der Waals surface area contributed by atoms with Crippen LogP contribution in [0.15, 0.2) is 18.2 Å². The van der Waals surface area contributed by atoms with E-state index in [0.29, 0.717) is 13.0 Å². The Morgan fingerprint density at radius 3 is 2.40 bits per heavy atom. The maximum absolute atomic E-state index is 12.3. The number of carboxylic acids is 1. The molecule has 2 amide bonds. The summed E-state index contributed by atoms with van der Waals surface area (Å²) in [6, 6.07) is 5.79. The summed E-state index contributed by atoms with van der Waals surface area (Å²) < 4.78 is 0. The molecule has 0 atom stereocenters. The van der Waals surface area contributed by atoms with Gasteiger partial charge in [-0.05, 0) is 31.9 Å². The standard InChI is InChI=1S/C15H22N2O3/c1-11-7-8-13(12(2)10-11)17(4)15(20)16(3)9-5-6-14(18)19/h7-8,10H,5-6,9H2,1-4H3,(H,18,19). The Kier molecular flexibility index (Phi) is 5.55. The van der Waals surface area contributed by atoms with E-state index in [0.717, 1.165) is 16.8 Å². The Hall–Kier alpha value is -2.04. The number of benzene rings is 1. The maximum atomic E-state index is 12.3. The van der Waals surface area contributed by atoms with E-state index >= 15 is 0 Å². The van der Waals surface area contributed by atoms with Crippen LogP contribution in [0.1, 0.15) is 24.0 Å². The van der Waals surface area contributed by atoms with Crippen LogP contribution in [-0.2, 0) is 4.79 Å². The fraction of sp³-hybridized carbons (Fsp3) is 0.467. The minimum absolute atomic E-state index is 0.0743. The van der Waals surface area contributed by atoms with Crippen LogP contribution in [0.2, 0.25) is 0 Å². The highest BCUT2D eigenvalue weighted by molar-refractivity contribution is 5.92. The second-order valence-electron chi connectivity index (χ2n) is 5.05. The fourth-order valence-corrected chi connectivity index (χ4v) is 2.10. The first-order valence-corrected chi connectivity index (χ1v) is 6.60. The summed E-state index contributed by atoms with van der Waals surface area (Å²) in [6.07, 6.45) is 0.531. The van der Waals surface area contributed by atoms with E-state index in [-0.39, 0.29) is 12.5 Å². The lowest BCUT2D eigenvalue weighted by molar-refractivity contribution is -0.137. The van der Waals surface area contributed by atoms with Gasteiger partial charge in [0.2, 0.25) is 0 Å². The molecule has 0 saturated heterocycles. The minimum atomic E-state index is -0.839. The molecule has 0 aliphatic heterocycles. The van der Waals surface area contributed by atoms with Gasteiger partial charge in [-0.2, -0.15) is 0 Å². The first-order valence-electron chi connectivity index (χ1n) is 6.60. The van der Waals surface area contributed by atoms with Crippen molar-refractivity contribution >= 4 is 17.7 Å². The number of carbonyl (C=O) groups is 2. The summed E-state index contributed by atoms with van der Waals surface area (Å²) in [5, 5.41) is 8.60. The van der Waals surface area contributed by atoms with Crippen LogP contribution in [0.4, 0.5) is 10.5 Å². The number of amides is 2. The molecular weight excluding hydrogens is 256 g/mol. The van der Waals surface area contributed by atoms with Gasteiger partial charge in [-0.3, -0.25) is 9.69 Å². The molecule has 110 valence electrons. The predicted octanol–water partition coefficient (Wildman–Crippen LogP) is 2.66. The van der Waals surface area contributed by atoms with Gasteiger partial charge in [0.15, 0.2) is 0 Å². The Morgan fingerprint density at radius 2 is 1.85 bits per heavy atom. The molecule has 0 fully saturated rings. The lowest BCUT2D eigenvalue weighted by Crippen LogP contribution is -2.39. The third kappa shape index (κ3) is 4.26. The van der Waals surface area contributed by atoms with E-state index in [4.69, 9.17) is 5.11 Å². The zero-order valence-electron chi connectivity index (χ0n) is 12.5. The summed E-state index contributed by atoms with van der Waals surface area (Å²) >= 11 is 0. The molecule has 0 radical (unpaired) electrons. The van der Waals surface area contributed by atoms with Gasteiger partial charge in [0.05, 0.1) is 0 Å². The monoisotopic (exact) mass is 278 g/mol. The average Bonchev–Trinajstić information content (AvgIpc) is 2.36. The molecule has 0 aromatic heterocycles. The zero-order valence-corrected chi connectivity index (χ0v) is 12.5. The number of aliphatic carboxylic acids is 1. The van der Waals surface area contributed by atoms with E-state index < -0.39 is 5.97 Å². The molecule has 1 N–H and O–H groups in total. The topological polar surface area (TPSA) is 60.9 Å². The summed E-state index contributed by atoms with van der Waals surface area (Å²) in [7, 11) is 3.41. The van der Waals surface area contributed by atoms with E-state index in [1.54, 1.807) is 23.9 Å². The minimum Gasteiger partial charge on any atom is -0.481 e. The van der Waals surface area contributed by atoms with Crippen molar-refractivity contribution in [1.29, 1.82) is 0 Å². The number of hydrogen-bond donors (Lipinski definition) is 1. The zero-order chi connectivity index (χ0) is 15.3. The molecule has 20 heavy (non-hydrogen) atoms. The number of carbonyl (C=O) groups excluding carboxylic acids is 1. The Labute approximate surface area is 119 Å². The average molecular weight is 278 g/mol. The maximum Gasteiger partial charge on any atom is 0.323 e. The van der Waals surface area contributed by atoms with E-state index in [2.05, 4.69) is 0 Å². The van der Waals surface area contributed by atoms with Gasteiger partial charge in [-0.15, -0.1) is 0 Å². The van der Waals surface area contributed by atoms with Crippen molar-refractivity contribution in [2.45, 2.75) is 26.7 Å². The van der Waals surface area contributed by atoms with Gasteiger partial charge in [-0.25, -0.2) is 4.79 Å². The first kappa shape index (κ1) is 16.0. The summed E-state index contributed by atoms with van der Waals surface area (Å²) in [4.78, 5) is 25.9. The van der Waals surface area contributed by atoms with Gasteiger partial charge >= 0.3 is 12.0 Å². The molecule has 5 heteroatoms. The summed E-state index contributed by atoms with van der Waals surface area (Å²) in [6.45, 7) is 4.41. The largest absolute Gasteiger partial charge is 0.481 e. The van der Waals surface area contributed by atoms with Crippen LogP contribution in [0.25, 0.3) is 0 Å². The van der Waals surface area contributed by atoms with Gasteiger partial charge in [0.1, 0.15) is 0 Å². The Balaban J connectivity index is 2.68. The lowest BCUT2D eigenvalue weighted by atomic mass is 10.1. The second-order valence-corrected chi connectivity index (χ2v) is 5.05. The van der Waals surface area contributed by atoms with Gasteiger partial charge < -0.3 is 10.0 Å². The molecule has 1 aromatic rings. The highest BCUT2D eigenvalue weighted by atomic mass is 16.4. The van der Waals surface area contributed by atoms with Gasteiger partial charge in [-0.1, -0.05) is 17.7 Å². The Bertz CT molecular complexity index is 500. The number of urea groups is 1. The van der Waals surface area contributed by atoms with E-state index in [1.165, 1.54) is 0 Å². The molecule has 0 aliphatic rings. The fourth-order valence-electron chi connectivity index (χ4n) is 2.10. The molecule has 0 unspecified atom stereocenters. The molecule has 1 rings (SSSR count). The normalized spacial score (nSPS) is 10.2. The van der Waals surface area contributed by atoms with Crippen LogP contribution < -0.4 is 4.90 Å². The van der Waals surface area contributed by atoms with Crippen LogP contribution >= 0.6 is 0 Å². The third-order valence-electron chi connectivity index (χ3n) is 3.21. The molecule has 0 bridgehead atoms. The van der Waals surface area contributed by atoms with E-state index in [1.807, 2.05) is 32.0 Å². The molecular formula is C15H22N2O3. The number of hydrogen-bond acceptors (Lipinski definition) is 2. The van der Waals surface area contributed by atoms with Crippen molar-refractivity contribution in [1.82, 2.24) is 4.90 Å². The molecule has 0 aliphatic carbocycles. The van der Waals surface area contributed by atoms with Crippen molar-refractivity contribution in [3.8, 4) is 0 Å². The van der Waals surface area contributed by atoms with E-state index in [9.17, 15) is 9.59 Å². The number of nitrogens with zero attached hydrogens (tertiary/aromatic N) is 2. The quantitative estimate of drug-likeness (QED) is 0.900. The molecule has 1 aromatic carbocycles. The smallest absolute Gasteiger partial charge is 0.323 e. The molecule has 0 saturated carbocycles. The van der Waals surface area contributed by atoms with Crippen molar-refractivity contribution in [3.63, 3.8) is 0 Å². The highest BCUT2D eigenvalue weighted by Gasteiger charge is 2.17. The molecule has 5 nitrogen and oxygen atoms in total. The van der Waals surface area contributed by atoms with Gasteiger partial charge in [0, 0.05) is 32.7 Å². The second kappa shape index (κ2) is 6.93. The van der Waals surface area contributed by atoms with Crippen molar-refractivity contribution < 1.29 is 14.7 Å². The summed E-state index contributed by atoms with van der Waals surface area (Å²) in [5.41, 5.74) is 3.06. The van der Waals surface area contributed by atoms with Crippen molar-refractivity contribution in [2.24, 2.45) is 0 Å². The Morgan fingerprint density at radius 1 is 1.20 bits per heavy atom. The number of aryl methyl sites for hydroxylation is 2. The van der Waals surface area contributed by atoms with Gasteiger partial charge in [0.25, 0.3) is 0 Å². The van der Waals surface area contributed by atoms with Crippen LogP contribution in [0, 0.1) is 13.8 Å². The van der Waals surface area contributed by atoms with Crippen molar-refractivity contribution in [2.75, 3.05) is 25.5 Å². The SMILES string of the molecule is Cc1ccc(N(C)C(=O)N(C)CCCC(=O)O)c(C)c1. The number of carboxylic acid groups (broad SMARTS) is 1.